The van der Waals surface area contributed by atoms with Gasteiger partial charge < -0.3 is 9.73 Å². The normalized spacial score (nSPS) is 12.9. The van der Waals surface area contributed by atoms with Crippen molar-refractivity contribution in [2.75, 3.05) is 7.05 Å². The summed E-state index contributed by atoms with van der Waals surface area (Å²) in [4.78, 5) is 0. The summed E-state index contributed by atoms with van der Waals surface area (Å²) in [5.74, 6) is 0.900. The maximum atomic E-state index is 5.84. The molecule has 2 rings (SSSR count). The smallest absolute Gasteiger partial charge is 0.148 e. The Hall–Kier alpha value is -1.06. The van der Waals surface area contributed by atoms with Crippen LogP contribution in [-0.2, 0) is 0 Å². The third-order valence-corrected chi connectivity index (χ3v) is 3.21. The summed E-state index contributed by atoms with van der Waals surface area (Å²) in [6, 6.07) is 8.14. The highest BCUT2D eigenvalue weighted by Crippen LogP contribution is 2.31. The second-order valence-corrected chi connectivity index (χ2v) is 4.73. The molecule has 0 radical (unpaired) electrons. The van der Waals surface area contributed by atoms with Gasteiger partial charge in [0, 0.05) is 5.39 Å². The average molecular weight is 280 g/mol. The molecule has 0 amide bonds. The molecular weight excluding hydrogens is 266 g/mol. The van der Waals surface area contributed by atoms with E-state index in [4.69, 9.17) is 4.42 Å². The van der Waals surface area contributed by atoms with E-state index in [1.54, 1.807) is 0 Å². The Morgan fingerprint density at radius 1 is 1.50 bits per heavy atom. The fourth-order valence-electron chi connectivity index (χ4n) is 1.82. The van der Waals surface area contributed by atoms with Gasteiger partial charge in [0.15, 0.2) is 0 Å². The number of likely N-dealkylation sites (N-methyl/N-ethyl adjacent to an activating group) is 1. The van der Waals surface area contributed by atoms with Crippen LogP contribution in [0.1, 0.15) is 18.7 Å². The first kappa shape index (κ1) is 11.4. The first-order chi connectivity index (χ1) is 7.63. The van der Waals surface area contributed by atoms with Gasteiger partial charge in [-0.25, -0.2) is 0 Å². The number of halogens is 1. The summed E-state index contributed by atoms with van der Waals surface area (Å²) in [5.41, 5.74) is 1.93. The van der Waals surface area contributed by atoms with Crippen LogP contribution in [0, 0.1) is 0 Å². The molecular formula is C13H14BrNO. The zero-order chi connectivity index (χ0) is 11.7. The lowest BCUT2D eigenvalue weighted by Crippen LogP contribution is -2.16. The molecule has 0 saturated carbocycles. The third-order valence-electron chi connectivity index (χ3n) is 2.58. The largest absolute Gasteiger partial charge is 0.458 e. The number of para-hydroxylation sites is 1. The van der Waals surface area contributed by atoms with Crippen LogP contribution in [0.15, 0.2) is 45.3 Å². The van der Waals surface area contributed by atoms with Crippen LogP contribution in [0.4, 0.5) is 0 Å². The van der Waals surface area contributed by atoms with Crippen molar-refractivity contribution in [2.24, 2.45) is 0 Å². The topological polar surface area (TPSA) is 25.2 Å². The minimum absolute atomic E-state index is 0.0688. The van der Waals surface area contributed by atoms with Gasteiger partial charge in [-0.3, -0.25) is 0 Å². The standard InChI is InChI=1S/C13H14BrNO/c1-8(2)12(15-3)11-7-9-5-4-6-10(14)13(9)16-11/h4-7,12,15H,1H2,2-3H3. The molecule has 0 saturated heterocycles. The molecule has 0 aliphatic carbocycles. The lowest BCUT2D eigenvalue weighted by Gasteiger charge is -2.12. The second-order valence-electron chi connectivity index (χ2n) is 3.87. The van der Waals surface area contributed by atoms with E-state index in [0.717, 1.165) is 26.8 Å². The fraction of sp³-hybridized carbons (Fsp3) is 0.231. The molecule has 1 aromatic carbocycles. The molecule has 0 fully saturated rings. The first-order valence-electron chi connectivity index (χ1n) is 5.14. The molecule has 3 heteroatoms. The van der Waals surface area contributed by atoms with Gasteiger partial charge in [-0.05, 0) is 42.0 Å². The highest BCUT2D eigenvalue weighted by atomic mass is 79.9. The van der Waals surface area contributed by atoms with Crippen molar-refractivity contribution >= 4 is 26.9 Å². The van der Waals surface area contributed by atoms with E-state index in [9.17, 15) is 0 Å². The van der Waals surface area contributed by atoms with Crippen LogP contribution in [0.25, 0.3) is 11.0 Å². The fourth-order valence-corrected chi connectivity index (χ4v) is 2.28. The molecule has 16 heavy (non-hydrogen) atoms. The Morgan fingerprint density at radius 2 is 2.25 bits per heavy atom. The molecule has 1 unspecified atom stereocenters. The zero-order valence-corrected chi connectivity index (χ0v) is 11.0. The zero-order valence-electron chi connectivity index (χ0n) is 9.38. The summed E-state index contributed by atoms with van der Waals surface area (Å²) < 4.78 is 6.82. The maximum absolute atomic E-state index is 5.84. The number of hydrogen-bond donors (Lipinski definition) is 1. The van der Waals surface area contributed by atoms with Crippen molar-refractivity contribution in [2.45, 2.75) is 13.0 Å². The summed E-state index contributed by atoms with van der Waals surface area (Å²) in [6.45, 7) is 5.95. The number of furan rings is 1. The molecule has 2 aromatic rings. The molecule has 1 N–H and O–H groups in total. The van der Waals surface area contributed by atoms with Gasteiger partial charge >= 0.3 is 0 Å². The van der Waals surface area contributed by atoms with Gasteiger partial charge in [-0.1, -0.05) is 24.3 Å². The van der Waals surface area contributed by atoms with Crippen molar-refractivity contribution < 1.29 is 4.42 Å². The Labute approximate surface area is 103 Å². The molecule has 1 atom stereocenters. The van der Waals surface area contributed by atoms with Crippen LogP contribution < -0.4 is 5.32 Å². The lowest BCUT2D eigenvalue weighted by molar-refractivity contribution is 0.487. The highest BCUT2D eigenvalue weighted by molar-refractivity contribution is 9.10. The van der Waals surface area contributed by atoms with Crippen molar-refractivity contribution in [3.8, 4) is 0 Å². The minimum atomic E-state index is 0.0688. The number of fused-ring (bicyclic) bond motifs is 1. The summed E-state index contributed by atoms with van der Waals surface area (Å²) in [6.07, 6.45) is 0. The lowest BCUT2D eigenvalue weighted by atomic mass is 10.1. The third kappa shape index (κ3) is 1.93. The van der Waals surface area contributed by atoms with Gasteiger partial charge in [-0.2, -0.15) is 0 Å². The monoisotopic (exact) mass is 279 g/mol. The molecule has 0 aliphatic rings. The minimum Gasteiger partial charge on any atom is -0.458 e. The van der Waals surface area contributed by atoms with Crippen LogP contribution in [-0.4, -0.2) is 7.05 Å². The van der Waals surface area contributed by atoms with Crippen LogP contribution in [0.2, 0.25) is 0 Å². The predicted octanol–water partition coefficient (Wildman–Crippen LogP) is 4.03. The van der Waals surface area contributed by atoms with E-state index >= 15 is 0 Å². The van der Waals surface area contributed by atoms with Crippen LogP contribution >= 0.6 is 15.9 Å². The number of nitrogens with one attached hydrogen (secondary N) is 1. The molecule has 1 aromatic heterocycles. The number of benzene rings is 1. The molecule has 0 aliphatic heterocycles. The van der Waals surface area contributed by atoms with Gasteiger partial charge in [0.2, 0.25) is 0 Å². The van der Waals surface area contributed by atoms with E-state index in [2.05, 4.69) is 33.9 Å². The summed E-state index contributed by atoms with van der Waals surface area (Å²) >= 11 is 3.48. The molecule has 84 valence electrons. The first-order valence-corrected chi connectivity index (χ1v) is 5.93. The van der Waals surface area contributed by atoms with E-state index < -0.39 is 0 Å². The van der Waals surface area contributed by atoms with Crippen LogP contribution in [0.3, 0.4) is 0 Å². The van der Waals surface area contributed by atoms with Crippen molar-refractivity contribution in [3.05, 3.63) is 46.7 Å². The SMILES string of the molecule is C=C(C)C(NC)c1cc2cccc(Br)c2o1. The highest BCUT2D eigenvalue weighted by Gasteiger charge is 2.15. The Balaban J connectivity index is 2.54. The summed E-state index contributed by atoms with van der Waals surface area (Å²) in [5, 5.41) is 4.29. The van der Waals surface area contributed by atoms with Crippen molar-refractivity contribution in [1.82, 2.24) is 5.32 Å². The molecule has 0 spiro atoms. The number of hydrogen-bond acceptors (Lipinski definition) is 2. The van der Waals surface area contributed by atoms with E-state index in [1.165, 1.54) is 0 Å². The Kier molecular flexibility index (Phi) is 3.17. The van der Waals surface area contributed by atoms with E-state index in [-0.39, 0.29) is 6.04 Å². The molecule has 1 heterocycles. The van der Waals surface area contributed by atoms with Gasteiger partial charge in [-0.15, -0.1) is 0 Å². The van der Waals surface area contributed by atoms with Crippen LogP contribution in [0.5, 0.6) is 0 Å². The predicted molar refractivity (Wildman–Crippen MR) is 70.5 cm³/mol. The quantitative estimate of drug-likeness (QED) is 0.859. The van der Waals surface area contributed by atoms with Gasteiger partial charge in [0.05, 0.1) is 10.5 Å². The average Bonchev–Trinajstić information content (AvgIpc) is 2.63. The Morgan fingerprint density at radius 3 is 2.81 bits per heavy atom. The van der Waals surface area contributed by atoms with Gasteiger partial charge in [0.25, 0.3) is 0 Å². The Bertz CT molecular complexity index is 530. The maximum Gasteiger partial charge on any atom is 0.148 e. The molecule has 2 nitrogen and oxygen atoms in total. The van der Waals surface area contributed by atoms with E-state index in [1.807, 2.05) is 32.2 Å². The van der Waals surface area contributed by atoms with E-state index in [0.29, 0.717) is 0 Å². The molecule has 0 bridgehead atoms. The second kappa shape index (κ2) is 4.44. The van der Waals surface area contributed by atoms with Gasteiger partial charge in [0.1, 0.15) is 11.3 Å². The van der Waals surface area contributed by atoms with Crippen molar-refractivity contribution in [3.63, 3.8) is 0 Å². The van der Waals surface area contributed by atoms with Crippen molar-refractivity contribution in [1.29, 1.82) is 0 Å². The number of rotatable bonds is 3. The summed E-state index contributed by atoms with van der Waals surface area (Å²) in [7, 11) is 1.90.